The van der Waals surface area contributed by atoms with Crippen LogP contribution < -0.4 is 5.73 Å². The van der Waals surface area contributed by atoms with Crippen molar-refractivity contribution in [1.29, 1.82) is 0 Å². The first kappa shape index (κ1) is 13.7. The molecule has 14 heavy (non-hydrogen) atoms. The van der Waals surface area contributed by atoms with Crippen molar-refractivity contribution in [2.24, 2.45) is 5.73 Å². The van der Waals surface area contributed by atoms with Gasteiger partial charge in [-0.15, -0.1) is 12.4 Å². The fourth-order valence-corrected chi connectivity index (χ4v) is 1.12. The van der Waals surface area contributed by atoms with Crippen LogP contribution in [0.3, 0.4) is 0 Å². The second kappa shape index (κ2) is 5.51. The minimum atomic E-state index is -0.855. The van der Waals surface area contributed by atoms with E-state index in [1.807, 2.05) is 0 Å². The van der Waals surface area contributed by atoms with E-state index in [0.29, 0.717) is 5.56 Å². The Labute approximate surface area is 93.3 Å². The third kappa shape index (κ3) is 3.10. The molecule has 0 bridgehead atoms. The lowest BCUT2D eigenvalue weighted by molar-refractivity contribution is 0.153. The summed E-state index contributed by atoms with van der Waals surface area (Å²) in [4.78, 5) is 0. The quantitative estimate of drug-likeness (QED) is 0.832. The fourth-order valence-electron chi connectivity index (χ4n) is 1.000. The molecule has 0 amide bonds. The van der Waals surface area contributed by atoms with Crippen LogP contribution in [-0.4, -0.2) is 11.1 Å². The van der Waals surface area contributed by atoms with Crippen LogP contribution in [0.4, 0.5) is 4.39 Å². The van der Waals surface area contributed by atoms with Crippen LogP contribution in [0, 0.1) is 5.82 Å². The summed E-state index contributed by atoms with van der Waals surface area (Å²) in [6.07, 6.45) is -0.855. The lowest BCUT2D eigenvalue weighted by Gasteiger charge is -2.14. The van der Waals surface area contributed by atoms with Crippen LogP contribution >= 0.6 is 24.0 Å². The molecule has 0 aromatic heterocycles. The largest absolute Gasteiger partial charge is 0.387 e. The number of aliphatic hydroxyl groups is 1. The monoisotopic (exact) mass is 239 g/mol. The highest BCUT2D eigenvalue weighted by Gasteiger charge is 2.13. The summed E-state index contributed by atoms with van der Waals surface area (Å²) < 4.78 is 12.9. The zero-order valence-corrected chi connectivity index (χ0v) is 9.15. The van der Waals surface area contributed by atoms with E-state index in [9.17, 15) is 9.50 Å². The SMILES string of the molecule is CC(N)C(O)c1ccc(Cl)c(F)c1.Cl. The van der Waals surface area contributed by atoms with E-state index in [-0.39, 0.29) is 17.4 Å². The van der Waals surface area contributed by atoms with Crippen molar-refractivity contribution in [2.45, 2.75) is 19.1 Å². The van der Waals surface area contributed by atoms with E-state index < -0.39 is 18.0 Å². The van der Waals surface area contributed by atoms with Crippen molar-refractivity contribution >= 4 is 24.0 Å². The van der Waals surface area contributed by atoms with Crippen molar-refractivity contribution in [3.05, 3.63) is 34.6 Å². The van der Waals surface area contributed by atoms with E-state index in [1.165, 1.54) is 12.1 Å². The molecule has 0 aliphatic heterocycles. The van der Waals surface area contributed by atoms with Crippen molar-refractivity contribution in [3.63, 3.8) is 0 Å². The maximum Gasteiger partial charge on any atom is 0.142 e. The van der Waals surface area contributed by atoms with Crippen LogP contribution in [0.2, 0.25) is 5.02 Å². The fraction of sp³-hybridized carbons (Fsp3) is 0.333. The Morgan fingerprint density at radius 1 is 1.50 bits per heavy atom. The van der Waals surface area contributed by atoms with Crippen LogP contribution in [0.15, 0.2) is 18.2 Å². The summed E-state index contributed by atoms with van der Waals surface area (Å²) in [6.45, 7) is 1.65. The maximum absolute atomic E-state index is 12.9. The van der Waals surface area contributed by atoms with Crippen LogP contribution in [0.25, 0.3) is 0 Å². The standard InChI is InChI=1S/C9H11ClFNO.ClH/c1-5(12)9(13)6-2-3-7(10)8(11)4-6;/h2-5,9,13H,12H2,1H3;1H. The molecule has 2 unspecified atom stereocenters. The molecule has 0 spiro atoms. The molecule has 1 aromatic rings. The molecule has 80 valence electrons. The number of rotatable bonds is 2. The minimum Gasteiger partial charge on any atom is -0.387 e. The highest BCUT2D eigenvalue weighted by atomic mass is 35.5. The molecule has 0 fully saturated rings. The first-order chi connectivity index (χ1) is 6.02. The van der Waals surface area contributed by atoms with Gasteiger partial charge in [0.2, 0.25) is 0 Å². The average molecular weight is 240 g/mol. The van der Waals surface area contributed by atoms with Crippen molar-refractivity contribution in [1.82, 2.24) is 0 Å². The maximum atomic E-state index is 12.9. The molecular formula is C9H12Cl2FNO. The van der Waals surface area contributed by atoms with Gasteiger partial charge in [0.25, 0.3) is 0 Å². The van der Waals surface area contributed by atoms with Crippen molar-refractivity contribution in [3.8, 4) is 0 Å². The van der Waals surface area contributed by atoms with Gasteiger partial charge in [-0.3, -0.25) is 0 Å². The Bertz CT molecular complexity index is 307. The lowest BCUT2D eigenvalue weighted by atomic mass is 10.0. The average Bonchev–Trinajstić information content (AvgIpc) is 2.08. The summed E-state index contributed by atoms with van der Waals surface area (Å²) in [6, 6.07) is 3.72. The van der Waals surface area contributed by atoms with Gasteiger partial charge in [0.15, 0.2) is 0 Å². The summed E-state index contributed by atoms with van der Waals surface area (Å²) in [7, 11) is 0. The Morgan fingerprint density at radius 3 is 2.50 bits per heavy atom. The summed E-state index contributed by atoms with van der Waals surface area (Å²) in [5.74, 6) is -0.543. The van der Waals surface area contributed by atoms with Gasteiger partial charge in [-0.1, -0.05) is 17.7 Å². The summed E-state index contributed by atoms with van der Waals surface area (Å²) in [5, 5.41) is 9.52. The molecule has 0 saturated heterocycles. The van der Waals surface area contributed by atoms with Crippen molar-refractivity contribution in [2.75, 3.05) is 0 Å². The zero-order chi connectivity index (χ0) is 10.0. The molecule has 2 atom stereocenters. The smallest absolute Gasteiger partial charge is 0.142 e. The van der Waals surface area contributed by atoms with Crippen LogP contribution in [0.5, 0.6) is 0 Å². The third-order valence-corrected chi connectivity index (χ3v) is 2.09. The molecule has 1 aromatic carbocycles. The summed E-state index contributed by atoms with van der Waals surface area (Å²) >= 11 is 5.48. The van der Waals surface area contributed by atoms with Crippen LogP contribution in [-0.2, 0) is 0 Å². The van der Waals surface area contributed by atoms with Gasteiger partial charge in [-0.05, 0) is 24.6 Å². The number of nitrogens with two attached hydrogens (primary N) is 1. The molecule has 0 saturated carbocycles. The van der Waals surface area contributed by atoms with Gasteiger partial charge in [-0.2, -0.15) is 0 Å². The second-order valence-corrected chi connectivity index (χ2v) is 3.38. The highest BCUT2D eigenvalue weighted by molar-refractivity contribution is 6.30. The van der Waals surface area contributed by atoms with Gasteiger partial charge in [0.05, 0.1) is 11.1 Å². The van der Waals surface area contributed by atoms with E-state index >= 15 is 0 Å². The molecular weight excluding hydrogens is 228 g/mol. The predicted octanol–water partition coefficient (Wildman–Crippen LogP) is 2.28. The lowest BCUT2D eigenvalue weighted by Crippen LogP contribution is -2.24. The Balaban J connectivity index is 0.00000169. The zero-order valence-electron chi connectivity index (χ0n) is 7.58. The number of benzene rings is 1. The van der Waals surface area contributed by atoms with Gasteiger partial charge in [0.1, 0.15) is 5.82 Å². The van der Waals surface area contributed by atoms with Gasteiger partial charge >= 0.3 is 0 Å². The highest BCUT2D eigenvalue weighted by Crippen LogP contribution is 2.21. The number of halogens is 3. The van der Waals surface area contributed by atoms with Crippen molar-refractivity contribution < 1.29 is 9.50 Å². The Kier molecular flexibility index (Phi) is 5.37. The van der Waals surface area contributed by atoms with Gasteiger partial charge < -0.3 is 10.8 Å². The molecule has 0 heterocycles. The molecule has 0 aliphatic rings. The molecule has 1 rings (SSSR count). The number of aliphatic hydroxyl groups excluding tert-OH is 1. The molecule has 3 N–H and O–H groups in total. The first-order valence-corrected chi connectivity index (χ1v) is 4.28. The van der Waals surface area contributed by atoms with E-state index in [4.69, 9.17) is 17.3 Å². The van der Waals surface area contributed by atoms with Crippen LogP contribution in [0.1, 0.15) is 18.6 Å². The number of hydrogen-bond donors (Lipinski definition) is 2. The van der Waals surface area contributed by atoms with Gasteiger partial charge in [0, 0.05) is 6.04 Å². The Hall–Kier alpha value is -0.350. The molecule has 2 nitrogen and oxygen atoms in total. The number of hydrogen-bond acceptors (Lipinski definition) is 2. The predicted molar refractivity (Wildman–Crippen MR) is 57.3 cm³/mol. The summed E-state index contributed by atoms with van der Waals surface area (Å²) in [5.41, 5.74) is 5.89. The molecule has 0 radical (unpaired) electrons. The topological polar surface area (TPSA) is 46.2 Å². The second-order valence-electron chi connectivity index (χ2n) is 2.98. The first-order valence-electron chi connectivity index (χ1n) is 3.91. The molecule has 5 heteroatoms. The van der Waals surface area contributed by atoms with E-state index in [1.54, 1.807) is 13.0 Å². The Morgan fingerprint density at radius 2 is 2.07 bits per heavy atom. The third-order valence-electron chi connectivity index (χ3n) is 1.78. The van der Waals surface area contributed by atoms with E-state index in [2.05, 4.69) is 0 Å². The normalized spacial score (nSPS) is 14.4. The van der Waals surface area contributed by atoms with Gasteiger partial charge in [-0.25, -0.2) is 4.39 Å². The molecule has 0 aliphatic carbocycles. The minimum absolute atomic E-state index is 0. The van der Waals surface area contributed by atoms with E-state index in [0.717, 1.165) is 0 Å².